The molecule has 0 aliphatic rings. The van der Waals surface area contributed by atoms with Crippen LogP contribution in [-0.4, -0.2) is 18.1 Å². The van der Waals surface area contributed by atoms with Crippen LogP contribution in [0.3, 0.4) is 0 Å². The van der Waals surface area contributed by atoms with E-state index in [0.29, 0.717) is 18.7 Å². The molecule has 0 bridgehead atoms. The lowest BCUT2D eigenvalue weighted by Gasteiger charge is -2.08. The summed E-state index contributed by atoms with van der Waals surface area (Å²) in [7, 11) is 0. The first-order chi connectivity index (χ1) is 7.15. The highest BCUT2D eigenvalue weighted by molar-refractivity contribution is 7.99. The monoisotopic (exact) mass is 235 g/mol. The van der Waals surface area contributed by atoms with Crippen molar-refractivity contribution in [2.45, 2.75) is 6.92 Å². The van der Waals surface area contributed by atoms with Crippen molar-refractivity contribution in [2.24, 2.45) is 0 Å². The van der Waals surface area contributed by atoms with E-state index in [1.54, 1.807) is 11.8 Å². The van der Waals surface area contributed by atoms with Gasteiger partial charge in [-0.3, -0.25) is 0 Å². The highest BCUT2D eigenvalue weighted by atomic mass is 32.2. The van der Waals surface area contributed by atoms with E-state index in [1.165, 1.54) is 0 Å². The fraction of sp³-hybridized carbons (Fsp3) is 0.400. The van der Waals surface area contributed by atoms with Crippen LogP contribution in [0.1, 0.15) is 6.92 Å². The van der Waals surface area contributed by atoms with Gasteiger partial charge >= 0.3 is 0 Å². The summed E-state index contributed by atoms with van der Waals surface area (Å²) in [6.07, 6.45) is 0. The molecule has 0 heterocycles. The quantitative estimate of drug-likeness (QED) is 0.786. The lowest BCUT2D eigenvalue weighted by Crippen LogP contribution is -2.08. The smallest absolute Gasteiger partial charge is 0.152 e. The van der Waals surface area contributed by atoms with Crippen LogP contribution >= 0.6 is 11.8 Å². The van der Waals surface area contributed by atoms with Gasteiger partial charge in [0.25, 0.3) is 0 Å². The van der Waals surface area contributed by atoms with Crippen molar-refractivity contribution in [1.82, 2.24) is 0 Å². The van der Waals surface area contributed by atoms with Crippen LogP contribution in [0.15, 0.2) is 12.1 Å². The van der Waals surface area contributed by atoms with Crippen LogP contribution in [0.5, 0.6) is 0 Å². The first kappa shape index (κ1) is 12.2. The number of nitrogens with one attached hydrogen (secondary N) is 1. The maximum absolute atomic E-state index is 13.1. The van der Waals surface area contributed by atoms with Gasteiger partial charge in [-0.25, -0.2) is 13.2 Å². The molecule has 1 rings (SSSR count). The summed E-state index contributed by atoms with van der Waals surface area (Å²) >= 11 is 1.66. The normalized spacial score (nSPS) is 10.4. The highest BCUT2D eigenvalue weighted by Gasteiger charge is 2.10. The third kappa shape index (κ3) is 3.66. The zero-order valence-electron chi connectivity index (χ0n) is 8.32. The van der Waals surface area contributed by atoms with Crippen LogP contribution in [0.4, 0.5) is 18.9 Å². The summed E-state index contributed by atoms with van der Waals surface area (Å²) < 4.78 is 38.7. The summed E-state index contributed by atoms with van der Waals surface area (Å²) in [5.41, 5.74) is -0.256. The molecular weight excluding hydrogens is 223 g/mol. The van der Waals surface area contributed by atoms with Crippen LogP contribution in [0.2, 0.25) is 0 Å². The summed E-state index contributed by atoms with van der Waals surface area (Å²) in [5.74, 6) is -0.982. The van der Waals surface area contributed by atoms with Crippen molar-refractivity contribution in [3.05, 3.63) is 29.6 Å². The van der Waals surface area contributed by atoms with E-state index in [4.69, 9.17) is 0 Å². The second kappa shape index (κ2) is 5.90. The molecule has 0 aliphatic heterocycles. The molecule has 0 saturated heterocycles. The molecule has 0 aliphatic carbocycles. The lowest BCUT2D eigenvalue weighted by molar-refractivity contribution is 0.547. The summed E-state index contributed by atoms with van der Waals surface area (Å²) in [6, 6.07) is 1.33. The molecule has 84 valence electrons. The average Bonchev–Trinajstić information content (AvgIpc) is 2.15. The minimum absolute atomic E-state index is 0.256. The Morgan fingerprint density at radius 1 is 1.20 bits per heavy atom. The molecular formula is C10H12F3NS. The lowest BCUT2D eigenvalue weighted by atomic mass is 10.3. The van der Waals surface area contributed by atoms with Crippen molar-refractivity contribution < 1.29 is 13.2 Å². The van der Waals surface area contributed by atoms with Gasteiger partial charge in [-0.15, -0.1) is 0 Å². The van der Waals surface area contributed by atoms with Crippen molar-refractivity contribution in [1.29, 1.82) is 0 Å². The Morgan fingerprint density at radius 3 is 2.33 bits per heavy atom. The van der Waals surface area contributed by atoms with E-state index in [0.717, 1.165) is 11.5 Å². The third-order valence-corrected chi connectivity index (χ3v) is 2.66. The summed E-state index contributed by atoms with van der Waals surface area (Å²) in [5, 5.41) is 2.61. The molecule has 0 aromatic heterocycles. The third-order valence-electron chi connectivity index (χ3n) is 1.76. The Kier molecular flexibility index (Phi) is 4.81. The SMILES string of the molecule is CCSCCNc1c(F)cc(F)cc1F. The van der Waals surface area contributed by atoms with Gasteiger partial charge < -0.3 is 5.32 Å². The fourth-order valence-electron chi connectivity index (χ4n) is 1.10. The molecule has 1 aromatic rings. The molecule has 5 heteroatoms. The van der Waals surface area contributed by atoms with Crippen molar-refractivity contribution in [3.8, 4) is 0 Å². The Balaban J connectivity index is 2.60. The maximum Gasteiger partial charge on any atom is 0.152 e. The van der Waals surface area contributed by atoms with E-state index < -0.39 is 17.5 Å². The van der Waals surface area contributed by atoms with Gasteiger partial charge in [-0.05, 0) is 5.75 Å². The maximum atomic E-state index is 13.1. The number of halogens is 3. The van der Waals surface area contributed by atoms with Gasteiger partial charge in [0.05, 0.1) is 0 Å². The molecule has 15 heavy (non-hydrogen) atoms. The predicted octanol–water partition coefficient (Wildman–Crippen LogP) is 3.27. The van der Waals surface area contributed by atoms with E-state index >= 15 is 0 Å². The number of thioether (sulfide) groups is 1. The van der Waals surface area contributed by atoms with E-state index in [-0.39, 0.29) is 5.69 Å². The molecule has 0 unspecified atom stereocenters. The number of rotatable bonds is 5. The van der Waals surface area contributed by atoms with Gasteiger partial charge in [0.1, 0.15) is 11.5 Å². The molecule has 0 saturated carbocycles. The Morgan fingerprint density at radius 2 is 1.80 bits per heavy atom. The Bertz CT molecular complexity index is 307. The Labute approximate surface area is 91.1 Å². The molecule has 0 spiro atoms. The van der Waals surface area contributed by atoms with Crippen LogP contribution in [0.25, 0.3) is 0 Å². The predicted molar refractivity (Wildman–Crippen MR) is 57.8 cm³/mol. The van der Waals surface area contributed by atoms with Crippen LogP contribution in [0, 0.1) is 17.5 Å². The average molecular weight is 235 g/mol. The molecule has 1 nitrogen and oxygen atoms in total. The van der Waals surface area contributed by atoms with Gasteiger partial charge in [-0.1, -0.05) is 6.92 Å². The van der Waals surface area contributed by atoms with Gasteiger partial charge in [0.2, 0.25) is 0 Å². The number of benzene rings is 1. The second-order valence-electron chi connectivity index (χ2n) is 2.87. The number of anilines is 1. The summed E-state index contributed by atoms with van der Waals surface area (Å²) in [4.78, 5) is 0. The molecule has 0 fully saturated rings. The van der Waals surface area contributed by atoms with Crippen molar-refractivity contribution in [2.75, 3.05) is 23.4 Å². The first-order valence-corrected chi connectivity index (χ1v) is 5.76. The van der Waals surface area contributed by atoms with Gasteiger partial charge in [0.15, 0.2) is 11.6 Å². The largest absolute Gasteiger partial charge is 0.379 e. The topological polar surface area (TPSA) is 12.0 Å². The van der Waals surface area contributed by atoms with Crippen LogP contribution < -0.4 is 5.32 Å². The van der Waals surface area contributed by atoms with Gasteiger partial charge in [0, 0.05) is 24.4 Å². The summed E-state index contributed by atoms with van der Waals surface area (Å²) in [6.45, 7) is 2.46. The van der Waals surface area contributed by atoms with E-state index in [9.17, 15) is 13.2 Å². The number of hydrogen-bond donors (Lipinski definition) is 1. The Hall–Kier alpha value is -0.840. The minimum Gasteiger partial charge on any atom is -0.379 e. The standard InChI is InChI=1S/C10H12F3NS/c1-2-15-4-3-14-10-8(12)5-7(11)6-9(10)13/h5-6,14H,2-4H2,1H3. The van der Waals surface area contributed by atoms with Crippen LogP contribution in [-0.2, 0) is 0 Å². The zero-order chi connectivity index (χ0) is 11.3. The minimum atomic E-state index is -0.904. The zero-order valence-corrected chi connectivity index (χ0v) is 9.13. The van der Waals surface area contributed by atoms with E-state index in [2.05, 4.69) is 5.32 Å². The molecule has 1 aromatic carbocycles. The number of hydrogen-bond acceptors (Lipinski definition) is 2. The molecule has 0 radical (unpaired) electrons. The second-order valence-corrected chi connectivity index (χ2v) is 4.26. The highest BCUT2D eigenvalue weighted by Crippen LogP contribution is 2.19. The first-order valence-electron chi connectivity index (χ1n) is 4.61. The molecule has 0 amide bonds. The molecule has 1 N–H and O–H groups in total. The van der Waals surface area contributed by atoms with Crippen molar-refractivity contribution >= 4 is 17.4 Å². The fourth-order valence-corrected chi connectivity index (χ4v) is 1.64. The van der Waals surface area contributed by atoms with Crippen molar-refractivity contribution in [3.63, 3.8) is 0 Å². The molecule has 0 atom stereocenters. The van der Waals surface area contributed by atoms with Gasteiger partial charge in [-0.2, -0.15) is 11.8 Å². The van der Waals surface area contributed by atoms with E-state index in [1.807, 2.05) is 6.92 Å².